The van der Waals surface area contributed by atoms with Gasteiger partial charge in [-0.05, 0) is 54.1 Å². The van der Waals surface area contributed by atoms with E-state index in [0.717, 1.165) is 28.9 Å². The predicted molar refractivity (Wildman–Crippen MR) is 68.1 cm³/mol. The second-order valence-corrected chi connectivity index (χ2v) is 7.52. The lowest BCUT2D eigenvalue weighted by molar-refractivity contribution is 0.207. The summed E-state index contributed by atoms with van der Waals surface area (Å²) < 4.78 is 0. The van der Waals surface area contributed by atoms with Gasteiger partial charge in [-0.2, -0.15) is 11.8 Å². The molecule has 0 spiro atoms. The summed E-state index contributed by atoms with van der Waals surface area (Å²) in [5.74, 6) is 5.80. The van der Waals surface area contributed by atoms with Crippen molar-refractivity contribution in [3.63, 3.8) is 0 Å². The van der Waals surface area contributed by atoms with Crippen LogP contribution in [0.4, 0.5) is 0 Å². The normalized spacial score (nSPS) is 54.7. The van der Waals surface area contributed by atoms with E-state index in [4.69, 9.17) is 0 Å². The van der Waals surface area contributed by atoms with Crippen molar-refractivity contribution in [2.24, 2.45) is 28.6 Å². The van der Waals surface area contributed by atoms with Gasteiger partial charge in [-0.15, -0.1) is 0 Å². The fourth-order valence-corrected chi connectivity index (χ4v) is 6.16. The van der Waals surface area contributed by atoms with Crippen LogP contribution in [0.25, 0.3) is 0 Å². The van der Waals surface area contributed by atoms with Crippen molar-refractivity contribution < 1.29 is 0 Å². The van der Waals surface area contributed by atoms with Crippen LogP contribution in [0.5, 0.6) is 0 Å². The van der Waals surface area contributed by atoms with Gasteiger partial charge in [-0.1, -0.05) is 26.0 Å². The molecule has 0 nitrogen and oxygen atoms in total. The van der Waals surface area contributed by atoms with E-state index in [1.165, 1.54) is 11.3 Å². The van der Waals surface area contributed by atoms with E-state index in [1.54, 1.807) is 12.8 Å². The molecular formula is C14H22S. The van der Waals surface area contributed by atoms with Gasteiger partial charge in [0.2, 0.25) is 0 Å². The van der Waals surface area contributed by atoms with Crippen molar-refractivity contribution in [1.82, 2.24) is 0 Å². The molecule has 0 aromatic rings. The first-order valence-electron chi connectivity index (χ1n) is 6.22. The van der Waals surface area contributed by atoms with Crippen LogP contribution in [0.1, 0.15) is 33.6 Å². The molecule has 4 saturated carbocycles. The zero-order valence-electron chi connectivity index (χ0n) is 10.2. The molecule has 0 N–H and O–H groups in total. The van der Waals surface area contributed by atoms with E-state index < -0.39 is 0 Å². The van der Waals surface area contributed by atoms with Crippen molar-refractivity contribution in [2.75, 3.05) is 11.5 Å². The standard InChI is InChI=1S/C14H22S/c1-9(2)7-15-8-13(3)10-5-11-12(6-10)14(11,13)4/h10-12H,1,5-8H2,2-4H3/t10?,11?,12?,13-,14?/m1/s1. The van der Waals surface area contributed by atoms with Crippen molar-refractivity contribution in [3.8, 4) is 0 Å². The van der Waals surface area contributed by atoms with Gasteiger partial charge in [0.25, 0.3) is 0 Å². The van der Waals surface area contributed by atoms with E-state index in [-0.39, 0.29) is 0 Å². The molecule has 0 aromatic heterocycles. The van der Waals surface area contributed by atoms with Crippen LogP contribution in [0, 0.1) is 28.6 Å². The van der Waals surface area contributed by atoms with Gasteiger partial charge in [0.15, 0.2) is 0 Å². The van der Waals surface area contributed by atoms with Crippen LogP contribution in [0.15, 0.2) is 12.2 Å². The van der Waals surface area contributed by atoms with Crippen molar-refractivity contribution in [1.29, 1.82) is 0 Å². The molecule has 1 heteroatoms. The molecule has 84 valence electrons. The van der Waals surface area contributed by atoms with Crippen LogP contribution >= 0.6 is 11.8 Å². The summed E-state index contributed by atoms with van der Waals surface area (Å²) in [5.41, 5.74) is 2.72. The highest BCUT2D eigenvalue weighted by atomic mass is 32.2. The van der Waals surface area contributed by atoms with Gasteiger partial charge in [0.05, 0.1) is 0 Å². The van der Waals surface area contributed by atoms with Crippen molar-refractivity contribution in [2.45, 2.75) is 33.6 Å². The van der Waals surface area contributed by atoms with E-state index in [1.807, 2.05) is 0 Å². The molecule has 15 heavy (non-hydrogen) atoms. The molecule has 0 saturated heterocycles. The number of hydrogen-bond donors (Lipinski definition) is 0. The minimum atomic E-state index is 0.655. The Morgan fingerprint density at radius 2 is 1.93 bits per heavy atom. The van der Waals surface area contributed by atoms with Gasteiger partial charge < -0.3 is 0 Å². The number of hydrogen-bond acceptors (Lipinski definition) is 1. The molecule has 4 aliphatic rings. The van der Waals surface area contributed by atoms with Gasteiger partial charge in [-0.3, -0.25) is 0 Å². The highest BCUT2D eigenvalue weighted by Crippen LogP contribution is 2.86. The molecule has 4 fully saturated rings. The third-order valence-corrected chi connectivity index (χ3v) is 7.38. The summed E-state index contributed by atoms with van der Waals surface area (Å²) in [6.45, 7) is 11.3. The Hall–Kier alpha value is 0.0900. The van der Waals surface area contributed by atoms with Crippen LogP contribution in [0.3, 0.4) is 0 Å². The smallest absolute Gasteiger partial charge is 0.0138 e. The lowest BCUT2D eigenvalue weighted by Gasteiger charge is -2.34. The van der Waals surface area contributed by atoms with Gasteiger partial charge in [0, 0.05) is 5.75 Å². The molecular weight excluding hydrogens is 200 g/mol. The fourth-order valence-electron chi connectivity index (χ4n) is 4.74. The summed E-state index contributed by atoms with van der Waals surface area (Å²) in [6.07, 6.45) is 3.09. The van der Waals surface area contributed by atoms with Gasteiger partial charge in [0.1, 0.15) is 0 Å². The maximum absolute atomic E-state index is 4.00. The minimum Gasteiger partial charge on any atom is -0.157 e. The first-order chi connectivity index (χ1) is 7.00. The summed E-state index contributed by atoms with van der Waals surface area (Å²) >= 11 is 2.12. The third kappa shape index (κ3) is 1.06. The van der Waals surface area contributed by atoms with E-state index in [0.29, 0.717) is 5.41 Å². The molecule has 0 aliphatic heterocycles. The van der Waals surface area contributed by atoms with Crippen molar-refractivity contribution in [3.05, 3.63) is 12.2 Å². The molecule has 0 heterocycles. The molecule has 4 bridgehead atoms. The van der Waals surface area contributed by atoms with E-state index >= 15 is 0 Å². The zero-order chi connectivity index (χ0) is 10.8. The fraction of sp³-hybridized carbons (Fsp3) is 0.857. The van der Waals surface area contributed by atoms with Crippen LogP contribution < -0.4 is 0 Å². The lowest BCUT2D eigenvalue weighted by atomic mass is 9.76. The van der Waals surface area contributed by atoms with Crippen LogP contribution in [-0.4, -0.2) is 11.5 Å². The SMILES string of the molecule is C=C(C)CSC[C@]1(C)C2CC3C(C2)C31C. The monoisotopic (exact) mass is 222 g/mol. The Kier molecular flexibility index (Phi) is 1.95. The highest BCUT2D eigenvalue weighted by Gasteiger charge is 2.80. The largest absolute Gasteiger partial charge is 0.157 e. The first kappa shape index (κ1) is 10.3. The molecule has 0 radical (unpaired) electrons. The van der Waals surface area contributed by atoms with Crippen LogP contribution in [-0.2, 0) is 0 Å². The summed E-state index contributed by atoms with van der Waals surface area (Å²) in [4.78, 5) is 0. The Labute approximate surface area is 97.9 Å². The Bertz CT molecular complexity index is 307. The topological polar surface area (TPSA) is 0 Å². The molecule has 0 aromatic carbocycles. The van der Waals surface area contributed by atoms with Gasteiger partial charge >= 0.3 is 0 Å². The quantitative estimate of drug-likeness (QED) is 0.648. The first-order valence-corrected chi connectivity index (χ1v) is 7.38. The Balaban J connectivity index is 1.68. The lowest BCUT2D eigenvalue weighted by Crippen LogP contribution is -2.30. The Morgan fingerprint density at radius 3 is 2.33 bits per heavy atom. The van der Waals surface area contributed by atoms with E-state index in [2.05, 4.69) is 39.1 Å². The van der Waals surface area contributed by atoms with Gasteiger partial charge in [-0.25, -0.2) is 0 Å². The maximum Gasteiger partial charge on any atom is 0.0138 e. The molecule has 3 atom stereocenters. The highest BCUT2D eigenvalue weighted by molar-refractivity contribution is 7.99. The molecule has 0 amide bonds. The average molecular weight is 222 g/mol. The average Bonchev–Trinajstić information content (AvgIpc) is 2.53. The predicted octanol–water partition coefficient (Wildman–Crippen LogP) is 3.98. The number of thioether (sulfide) groups is 1. The summed E-state index contributed by atoms with van der Waals surface area (Å²) in [6, 6.07) is 0. The maximum atomic E-state index is 4.00. The molecule has 4 rings (SSSR count). The number of rotatable bonds is 4. The zero-order valence-corrected chi connectivity index (χ0v) is 11.0. The molecule has 4 aliphatic carbocycles. The van der Waals surface area contributed by atoms with Crippen molar-refractivity contribution >= 4 is 11.8 Å². The minimum absolute atomic E-state index is 0.655. The Morgan fingerprint density at radius 1 is 1.33 bits per heavy atom. The second-order valence-electron chi connectivity index (χ2n) is 6.53. The summed E-state index contributed by atoms with van der Waals surface area (Å²) in [5, 5.41) is 0. The molecule has 2 unspecified atom stereocenters. The van der Waals surface area contributed by atoms with E-state index in [9.17, 15) is 0 Å². The third-order valence-electron chi connectivity index (χ3n) is 5.88. The second kappa shape index (κ2) is 2.85. The summed E-state index contributed by atoms with van der Waals surface area (Å²) in [7, 11) is 0. The van der Waals surface area contributed by atoms with Crippen LogP contribution in [0.2, 0.25) is 0 Å².